The number of carboxylic acid groups (broad SMARTS) is 1. The molecule has 0 radical (unpaired) electrons. The highest BCUT2D eigenvalue weighted by atomic mass is 32.2. The number of hydrogen-bond acceptors (Lipinski definition) is 4. The molecule has 0 atom stereocenters. The van der Waals surface area contributed by atoms with Gasteiger partial charge in [0.2, 0.25) is 0 Å². The van der Waals surface area contributed by atoms with Gasteiger partial charge in [0, 0.05) is 5.56 Å². The number of aromatic carboxylic acids is 1. The fourth-order valence-electron chi connectivity index (χ4n) is 4.56. The Kier molecular flexibility index (Phi) is 8.24. The van der Waals surface area contributed by atoms with E-state index >= 15 is 0 Å². The predicted molar refractivity (Wildman–Crippen MR) is 137 cm³/mol. The second-order valence-corrected chi connectivity index (χ2v) is 11.9. The molecule has 6 heteroatoms. The van der Waals surface area contributed by atoms with E-state index in [1.54, 1.807) is 24.3 Å². The predicted octanol–water partition coefficient (Wildman–Crippen LogP) is 6.75. The van der Waals surface area contributed by atoms with Crippen LogP contribution >= 0.6 is 0 Å². The molecular formula is C28H36O5S. The highest BCUT2D eigenvalue weighted by Crippen LogP contribution is 2.42. The lowest BCUT2D eigenvalue weighted by molar-refractivity contribution is 0.0696. The Labute approximate surface area is 203 Å². The van der Waals surface area contributed by atoms with Gasteiger partial charge in [-0.2, -0.15) is 0 Å². The summed E-state index contributed by atoms with van der Waals surface area (Å²) in [6, 6.07) is 10.5. The molecule has 1 N–H and O–H groups in total. The molecule has 0 spiro atoms. The molecule has 184 valence electrons. The van der Waals surface area contributed by atoms with E-state index in [-0.39, 0.29) is 16.7 Å². The summed E-state index contributed by atoms with van der Waals surface area (Å²) in [6.07, 6.45) is 7.45. The van der Waals surface area contributed by atoms with Gasteiger partial charge in [-0.25, -0.2) is 13.2 Å². The molecule has 1 heterocycles. The number of unbranched alkanes of at least 4 members (excludes halogenated alkanes) is 3. The molecule has 0 saturated heterocycles. The second kappa shape index (κ2) is 10.8. The van der Waals surface area contributed by atoms with Crippen molar-refractivity contribution in [3.63, 3.8) is 0 Å². The summed E-state index contributed by atoms with van der Waals surface area (Å²) in [5, 5.41) is 9.59. The maximum Gasteiger partial charge on any atom is 0.336 e. The van der Waals surface area contributed by atoms with Crippen molar-refractivity contribution in [2.75, 3.05) is 12.4 Å². The maximum atomic E-state index is 13.1. The lowest BCUT2D eigenvalue weighted by atomic mass is 9.79. The van der Waals surface area contributed by atoms with E-state index < -0.39 is 15.8 Å². The van der Waals surface area contributed by atoms with E-state index in [0.29, 0.717) is 29.2 Å². The lowest BCUT2D eigenvalue weighted by Crippen LogP contribution is -2.18. The zero-order valence-electron chi connectivity index (χ0n) is 20.7. The van der Waals surface area contributed by atoms with Crippen LogP contribution in [-0.4, -0.2) is 31.9 Å². The van der Waals surface area contributed by atoms with Crippen molar-refractivity contribution < 1.29 is 23.1 Å². The Morgan fingerprint density at radius 2 is 1.85 bits per heavy atom. The first kappa shape index (κ1) is 26.0. The van der Waals surface area contributed by atoms with Crippen molar-refractivity contribution >= 4 is 27.5 Å². The second-order valence-electron chi connectivity index (χ2n) is 9.78. The number of fused-ring (bicyclic) bond motifs is 1. The molecule has 2 aromatic carbocycles. The molecule has 0 bridgehead atoms. The third-order valence-electron chi connectivity index (χ3n) is 6.60. The van der Waals surface area contributed by atoms with E-state index in [1.165, 1.54) is 0 Å². The molecule has 0 aliphatic carbocycles. The van der Waals surface area contributed by atoms with Gasteiger partial charge in [-0.05, 0) is 66.5 Å². The highest BCUT2D eigenvalue weighted by molar-refractivity contribution is 7.91. The van der Waals surface area contributed by atoms with Gasteiger partial charge in [0.15, 0.2) is 9.84 Å². The van der Waals surface area contributed by atoms with Crippen molar-refractivity contribution in [2.24, 2.45) is 0 Å². The number of sulfone groups is 1. The van der Waals surface area contributed by atoms with E-state index in [0.717, 1.165) is 48.8 Å². The summed E-state index contributed by atoms with van der Waals surface area (Å²) in [5.74, 6) is -0.307. The van der Waals surface area contributed by atoms with Crippen LogP contribution in [0.3, 0.4) is 0 Å². The minimum Gasteiger partial charge on any atom is -0.493 e. The normalized spacial score (nSPS) is 17.0. The molecule has 3 rings (SSSR count). The first-order valence-electron chi connectivity index (χ1n) is 12.1. The quantitative estimate of drug-likeness (QED) is 0.314. The molecule has 0 saturated carbocycles. The van der Waals surface area contributed by atoms with Crippen LogP contribution in [0.1, 0.15) is 93.3 Å². The summed E-state index contributed by atoms with van der Waals surface area (Å²) in [7, 11) is -3.41. The number of carbonyl (C=O) groups is 1. The Morgan fingerprint density at radius 3 is 2.56 bits per heavy atom. The molecule has 1 aliphatic heterocycles. The molecule has 0 unspecified atom stereocenters. The molecule has 5 nitrogen and oxygen atoms in total. The van der Waals surface area contributed by atoms with Gasteiger partial charge >= 0.3 is 5.97 Å². The molecule has 0 fully saturated rings. The Balaban J connectivity index is 2.14. The van der Waals surface area contributed by atoms with Crippen LogP contribution in [0, 0.1) is 0 Å². The van der Waals surface area contributed by atoms with Crippen LogP contribution in [0.2, 0.25) is 0 Å². The van der Waals surface area contributed by atoms with Gasteiger partial charge < -0.3 is 9.84 Å². The molecule has 0 amide bonds. The SMILES string of the molecule is CCCCCCOc1cc2c(cc1/C(C)=C/c1ccccc1C(=O)O)C(C)(C)CCCS2(=O)=O. The monoisotopic (exact) mass is 484 g/mol. The average molecular weight is 485 g/mol. The van der Waals surface area contributed by atoms with Gasteiger partial charge in [-0.1, -0.05) is 64.3 Å². The van der Waals surface area contributed by atoms with Crippen molar-refractivity contribution in [1.29, 1.82) is 0 Å². The highest BCUT2D eigenvalue weighted by Gasteiger charge is 2.34. The first-order chi connectivity index (χ1) is 16.1. The summed E-state index contributed by atoms with van der Waals surface area (Å²) in [6.45, 7) is 8.75. The van der Waals surface area contributed by atoms with Crippen molar-refractivity contribution in [3.8, 4) is 5.75 Å². The van der Waals surface area contributed by atoms with Crippen molar-refractivity contribution in [2.45, 2.75) is 76.5 Å². The number of benzene rings is 2. The fraction of sp³-hybridized carbons (Fsp3) is 0.464. The van der Waals surface area contributed by atoms with Crippen LogP contribution in [0.25, 0.3) is 11.6 Å². The van der Waals surface area contributed by atoms with E-state index in [4.69, 9.17) is 4.74 Å². The minimum absolute atomic E-state index is 0.138. The van der Waals surface area contributed by atoms with Crippen LogP contribution < -0.4 is 4.74 Å². The van der Waals surface area contributed by atoms with E-state index in [1.807, 2.05) is 25.1 Å². The van der Waals surface area contributed by atoms with Gasteiger partial charge in [-0.15, -0.1) is 0 Å². The van der Waals surface area contributed by atoms with Gasteiger partial charge in [0.05, 0.1) is 22.8 Å². The Morgan fingerprint density at radius 1 is 1.12 bits per heavy atom. The largest absolute Gasteiger partial charge is 0.493 e. The topological polar surface area (TPSA) is 80.7 Å². The summed E-state index contributed by atoms with van der Waals surface area (Å²) >= 11 is 0. The van der Waals surface area contributed by atoms with E-state index in [2.05, 4.69) is 20.8 Å². The van der Waals surface area contributed by atoms with Crippen LogP contribution in [0.4, 0.5) is 0 Å². The zero-order chi connectivity index (χ0) is 24.9. The molecule has 2 aromatic rings. The fourth-order valence-corrected chi connectivity index (χ4v) is 6.26. The maximum absolute atomic E-state index is 13.1. The van der Waals surface area contributed by atoms with Gasteiger partial charge in [0.25, 0.3) is 0 Å². The minimum atomic E-state index is -3.41. The summed E-state index contributed by atoms with van der Waals surface area (Å²) < 4.78 is 32.4. The van der Waals surface area contributed by atoms with Crippen LogP contribution in [0.15, 0.2) is 41.3 Å². The zero-order valence-corrected chi connectivity index (χ0v) is 21.5. The third kappa shape index (κ3) is 5.90. The molecule has 34 heavy (non-hydrogen) atoms. The molecule has 0 aromatic heterocycles. The average Bonchev–Trinajstić information content (AvgIpc) is 2.86. The van der Waals surface area contributed by atoms with E-state index in [9.17, 15) is 18.3 Å². The Hall–Kier alpha value is -2.60. The number of allylic oxidation sites excluding steroid dienone is 1. The van der Waals surface area contributed by atoms with Gasteiger partial charge in [-0.3, -0.25) is 0 Å². The van der Waals surface area contributed by atoms with Crippen molar-refractivity contribution in [1.82, 2.24) is 0 Å². The number of carboxylic acids is 1. The third-order valence-corrected chi connectivity index (χ3v) is 8.44. The van der Waals surface area contributed by atoms with Crippen LogP contribution in [0.5, 0.6) is 5.75 Å². The molecular weight excluding hydrogens is 448 g/mol. The Bertz CT molecular complexity index is 1180. The van der Waals surface area contributed by atoms with Gasteiger partial charge in [0.1, 0.15) is 5.75 Å². The smallest absolute Gasteiger partial charge is 0.336 e. The summed E-state index contributed by atoms with van der Waals surface area (Å²) in [5.41, 5.74) is 2.96. The van der Waals surface area contributed by atoms with Crippen LogP contribution in [-0.2, 0) is 15.3 Å². The van der Waals surface area contributed by atoms with Crippen molar-refractivity contribution in [3.05, 3.63) is 58.7 Å². The number of ether oxygens (including phenoxy) is 1. The number of rotatable bonds is 9. The standard InChI is InChI=1S/C28H36O5S/c1-5-6-7-10-15-33-25-19-26-24(28(3,4)14-11-16-34(26,31)32)18-23(25)20(2)17-21-12-8-9-13-22(21)27(29)30/h8-9,12-13,17-19H,5-7,10-11,14-16H2,1-4H3,(H,29,30)/b20-17+. The summed E-state index contributed by atoms with van der Waals surface area (Å²) in [4.78, 5) is 12.1. The lowest BCUT2D eigenvalue weighted by Gasteiger charge is -2.26. The first-order valence-corrected chi connectivity index (χ1v) is 13.8. The number of hydrogen-bond donors (Lipinski definition) is 1. The molecule has 1 aliphatic rings.